The van der Waals surface area contributed by atoms with Gasteiger partial charge in [-0.3, -0.25) is 0 Å². The largest absolute Gasteiger partial charge is 0.465 e. The average molecular weight is 345 g/mol. The number of nitrogens with zero attached hydrogens (tertiary/aromatic N) is 1. The Morgan fingerprint density at radius 1 is 1.62 bits per heavy atom. The van der Waals surface area contributed by atoms with Gasteiger partial charge in [-0.2, -0.15) is 0 Å². The van der Waals surface area contributed by atoms with E-state index in [-0.39, 0.29) is 23.6 Å². The summed E-state index contributed by atoms with van der Waals surface area (Å²) >= 11 is 1.97. The highest BCUT2D eigenvalue weighted by Gasteiger charge is 2.42. The first kappa shape index (κ1) is 13.5. The van der Waals surface area contributed by atoms with Gasteiger partial charge in [0.1, 0.15) is 0 Å². The normalized spacial score (nSPS) is 26.6. The van der Waals surface area contributed by atoms with Crippen LogP contribution in [0.3, 0.4) is 0 Å². The van der Waals surface area contributed by atoms with Crippen molar-refractivity contribution in [2.45, 2.75) is 17.0 Å². The van der Waals surface area contributed by atoms with Crippen LogP contribution in [0.25, 0.3) is 0 Å². The van der Waals surface area contributed by atoms with Crippen molar-refractivity contribution in [3.05, 3.63) is 0 Å². The number of carbonyl (C=O) groups is 2. The van der Waals surface area contributed by atoms with E-state index in [4.69, 9.17) is 5.11 Å². The second-order valence-electron chi connectivity index (χ2n) is 3.52. The molecule has 0 radical (unpaired) electrons. The molecular weight excluding hydrogens is 332 g/mol. The lowest BCUT2D eigenvalue weighted by molar-refractivity contribution is -0.150. The monoisotopic (exact) mass is 345 g/mol. The van der Waals surface area contributed by atoms with Crippen LogP contribution < -0.4 is 0 Å². The molecule has 3 unspecified atom stereocenters. The fourth-order valence-corrected chi connectivity index (χ4v) is 2.69. The Morgan fingerprint density at radius 2 is 2.25 bits per heavy atom. The van der Waals surface area contributed by atoms with Gasteiger partial charge in [0.2, 0.25) is 6.17 Å². The molecule has 0 saturated carbocycles. The summed E-state index contributed by atoms with van der Waals surface area (Å²) in [4.78, 5) is 23.0. The molecule has 0 aromatic rings. The second-order valence-corrected chi connectivity index (χ2v) is 5.12. The quantitative estimate of drug-likeness (QED) is 0.476. The number of hydrogen-bond donors (Lipinski definition) is 1. The van der Waals surface area contributed by atoms with Gasteiger partial charge in [0.15, 0.2) is 0 Å². The van der Waals surface area contributed by atoms with Crippen molar-refractivity contribution in [1.82, 2.24) is 4.90 Å². The van der Waals surface area contributed by atoms with E-state index in [1.54, 1.807) is 6.92 Å². The van der Waals surface area contributed by atoms with Crippen LogP contribution in [-0.2, 0) is 9.53 Å². The first-order valence-corrected chi connectivity index (χ1v) is 6.14. The summed E-state index contributed by atoms with van der Waals surface area (Å²) in [5.74, 6) is -1.52. The van der Waals surface area contributed by atoms with Gasteiger partial charge in [-0.25, -0.2) is 14.0 Å². The van der Waals surface area contributed by atoms with Crippen LogP contribution in [0.4, 0.5) is 9.18 Å². The first-order valence-electron chi connectivity index (χ1n) is 4.90. The highest BCUT2D eigenvalue weighted by Crippen LogP contribution is 2.29. The number of ether oxygens (including phenoxy) is 1. The maximum absolute atomic E-state index is 13.7. The summed E-state index contributed by atoms with van der Waals surface area (Å²) < 4.78 is 18.1. The molecule has 0 bridgehead atoms. The number of carboxylic acid groups (broad SMARTS) is 1. The zero-order valence-electron chi connectivity index (χ0n) is 8.73. The zero-order chi connectivity index (χ0) is 12.3. The van der Waals surface area contributed by atoms with Crippen LogP contribution in [0.2, 0.25) is 0 Å². The molecule has 1 aliphatic rings. The highest BCUT2D eigenvalue weighted by molar-refractivity contribution is 14.1. The molecule has 1 fully saturated rings. The molecule has 7 heteroatoms. The number of esters is 1. The summed E-state index contributed by atoms with van der Waals surface area (Å²) in [7, 11) is 0. The lowest BCUT2D eigenvalue weighted by Crippen LogP contribution is -2.33. The molecule has 0 aromatic heterocycles. The Bertz CT molecular complexity index is 289. The van der Waals surface area contributed by atoms with Gasteiger partial charge < -0.3 is 14.7 Å². The van der Waals surface area contributed by atoms with Crippen LogP contribution in [0.15, 0.2) is 0 Å². The minimum atomic E-state index is -1.74. The molecule has 0 aliphatic carbocycles. The number of amides is 1. The molecule has 1 N–H and O–H groups in total. The average Bonchev–Trinajstić information content (AvgIpc) is 2.60. The van der Waals surface area contributed by atoms with Crippen molar-refractivity contribution in [3.8, 4) is 0 Å². The van der Waals surface area contributed by atoms with E-state index in [0.29, 0.717) is 0 Å². The van der Waals surface area contributed by atoms with Crippen LogP contribution in [0, 0.1) is 5.92 Å². The topological polar surface area (TPSA) is 66.8 Å². The van der Waals surface area contributed by atoms with Gasteiger partial charge in [-0.15, -0.1) is 0 Å². The fraction of sp³-hybridized carbons (Fsp3) is 0.778. The summed E-state index contributed by atoms with van der Waals surface area (Å²) in [6.07, 6.45) is -2.83. The molecule has 3 atom stereocenters. The fourth-order valence-electron chi connectivity index (χ4n) is 1.62. The van der Waals surface area contributed by atoms with Crippen molar-refractivity contribution in [2.24, 2.45) is 5.92 Å². The predicted octanol–water partition coefficient (Wildman–Crippen LogP) is 1.30. The van der Waals surface area contributed by atoms with Gasteiger partial charge in [0.25, 0.3) is 0 Å². The third-order valence-electron chi connectivity index (χ3n) is 2.45. The Hall–Kier alpha value is -0.600. The van der Waals surface area contributed by atoms with Crippen molar-refractivity contribution in [3.63, 3.8) is 0 Å². The van der Waals surface area contributed by atoms with Crippen molar-refractivity contribution >= 4 is 34.7 Å². The van der Waals surface area contributed by atoms with E-state index < -0.39 is 24.2 Å². The van der Waals surface area contributed by atoms with Gasteiger partial charge in [0.05, 0.1) is 6.61 Å². The van der Waals surface area contributed by atoms with Gasteiger partial charge >= 0.3 is 12.1 Å². The van der Waals surface area contributed by atoms with E-state index >= 15 is 0 Å². The highest BCUT2D eigenvalue weighted by atomic mass is 127. The van der Waals surface area contributed by atoms with E-state index in [0.717, 1.165) is 4.90 Å². The Labute approximate surface area is 106 Å². The number of likely N-dealkylation sites (tertiary alicyclic amines) is 1. The standard InChI is InChI=1S/C9H13FINO4/c1-2-16-8(13)7(10)5-3-12(9(14)15)4-6(5)11/h5-7H,2-4H2,1H3,(H,14,15). The molecule has 1 heterocycles. The van der Waals surface area contributed by atoms with Crippen molar-refractivity contribution < 1.29 is 23.8 Å². The number of alkyl halides is 2. The first-order chi connectivity index (χ1) is 7.47. The minimum absolute atomic E-state index is 0.0446. The predicted molar refractivity (Wildman–Crippen MR) is 62.4 cm³/mol. The van der Waals surface area contributed by atoms with Crippen LogP contribution in [-0.4, -0.2) is 51.9 Å². The Balaban J connectivity index is 2.60. The van der Waals surface area contributed by atoms with E-state index in [1.807, 2.05) is 22.6 Å². The molecule has 5 nitrogen and oxygen atoms in total. The smallest absolute Gasteiger partial charge is 0.407 e. The third kappa shape index (κ3) is 2.96. The Morgan fingerprint density at radius 3 is 2.69 bits per heavy atom. The molecule has 1 saturated heterocycles. The zero-order valence-corrected chi connectivity index (χ0v) is 10.9. The lowest BCUT2D eigenvalue weighted by Gasteiger charge is -2.16. The molecule has 92 valence electrons. The Kier molecular flexibility index (Phi) is 4.75. The van der Waals surface area contributed by atoms with Crippen molar-refractivity contribution in [2.75, 3.05) is 19.7 Å². The number of carbonyl (C=O) groups excluding carboxylic acids is 1. The second kappa shape index (κ2) is 5.65. The SMILES string of the molecule is CCOC(=O)C(F)C1CN(C(=O)O)CC1I. The summed E-state index contributed by atoms with van der Waals surface area (Å²) in [6.45, 7) is 2.02. The number of hydrogen-bond acceptors (Lipinski definition) is 3. The van der Waals surface area contributed by atoms with Crippen molar-refractivity contribution in [1.29, 1.82) is 0 Å². The van der Waals surface area contributed by atoms with Gasteiger partial charge in [0, 0.05) is 22.9 Å². The van der Waals surface area contributed by atoms with E-state index in [2.05, 4.69) is 4.74 Å². The van der Waals surface area contributed by atoms with Gasteiger partial charge in [-0.1, -0.05) is 22.6 Å². The number of rotatable bonds is 3. The summed E-state index contributed by atoms with van der Waals surface area (Å²) in [5.41, 5.74) is 0. The van der Waals surface area contributed by atoms with Crippen LogP contribution in [0.5, 0.6) is 0 Å². The maximum Gasteiger partial charge on any atom is 0.407 e. The molecule has 1 aliphatic heterocycles. The van der Waals surface area contributed by atoms with Crippen LogP contribution in [0.1, 0.15) is 6.92 Å². The van der Waals surface area contributed by atoms with E-state index in [9.17, 15) is 14.0 Å². The minimum Gasteiger partial charge on any atom is -0.465 e. The van der Waals surface area contributed by atoms with Gasteiger partial charge in [-0.05, 0) is 6.92 Å². The third-order valence-corrected chi connectivity index (χ3v) is 3.77. The van der Waals surface area contributed by atoms with E-state index in [1.165, 1.54) is 0 Å². The maximum atomic E-state index is 13.7. The molecule has 1 amide bonds. The molecule has 0 aromatic carbocycles. The van der Waals surface area contributed by atoms with Crippen LogP contribution >= 0.6 is 22.6 Å². The molecular formula is C9H13FINO4. The molecule has 1 rings (SSSR count). The summed E-state index contributed by atoms with van der Waals surface area (Å²) in [5, 5.41) is 8.76. The number of halogens is 2. The molecule has 16 heavy (non-hydrogen) atoms. The lowest BCUT2D eigenvalue weighted by atomic mass is 10.0. The summed E-state index contributed by atoms with van der Waals surface area (Å²) in [6, 6.07) is 0. The molecule has 0 spiro atoms.